The van der Waals surface area contributed by atoms with E-state index < -0.39 is 0 Å². The Hall–Kier alpha value is -2.68. The normalized spacial score (nSPS) is 15.2. The van der Waals surface area contributed by atoms with Crippen LogP contribution < -0.4 is 10.9 Å². The molecule has 3 aromatic heterocycles. The number of hydrogen-bond acceptors (Lipinski definition) is 6. The molecule has 1 aliphatic heterocycles. The molecule has 1 fully saturated rings. The molecule has 4 heterocycles. The van der Waals surface area contributed by atoms with Gasteiger partial charge in [-0.25, -0.2) is 4.52 Å². The fourth-order valence-electron chi connectivity index (χ4n) is 3.70. The van der Waals surface area contributed by atoms with E-state index in [2.05, 4.69) is 25.5 Å². The first-order chi connectivity index (χ1) is 14.1. The molecule has 0 amide bonds. The average molecular weight is 431 g/mol. The maximum Gasteiger partial charge on any atom is 0.263 e. The maximum atomic E-state index is 12.3. The largest absolute Gasteiger partial charge is 0.333 e. The second kappa shape index (κ2) is 7.29. The maximum absolute atomic E-state index is 12.3. The van der Waals surface area contributed by atoms with Crippen molar-refractivity contribution < 1.29 is 4.52 Å². The molecule has 1 aliphatic rings. The molecular formula is C19H16Cl2N6O2. The molecule has 148 valence electrons. The topological polar surface area (TPSA) is 101 Å². The molecule has 4 aromatic rings. The third-order valence-electron chi connectivity index (χ3n) is 5.14. The molecule has 1 saturated heterocycles. The zero-order valence-electron chi connectivity index (χ0n) is 15.2. The molecule has 0 atom stereocenters. The SMILES string of the molecule is O=c1cc(C2CCNCC2)n2ncc(-c3nc(-c4cccc(Cl)c4Cl)no3)c2[nH]1. The van der Waals surface area contributed by atoms with Crippen LogP contribution in [0.3, 0.4) is 0 Å². The number of nitrogens with one attached hydrogen (secondary N) is 2. The number of benzene rings is 1. The summed E-state index contributed by atoms with van der Waals surface area (Å²) in [6.07, 6.45) is 3.52. The number of aromatic amines is 1. The summed E-state index contributed by atoms with van der Waals surface area (Å²) < 4.78 is 7.20. The zero-order valence-corrected chi connectivity index (χ0v) is 16.7. The van der Waals surface area contributed by atoms with Gasteiger partial charge in [-0.15, -0.1) is 0 Å². The van der Waals surface area contributed by atoms with Crippen LogP contribution in [0.1, 0.15) is 24.5 Å². The molecule has 0 aliphatic carbocycles. The lowest BCUT2D eigenvalue weighted by atomic mass is 9.94. The number of halogens is 2. The fourth-order valence-corrected chi connectivity index (χ4v) is 4.08. The molecule has 0 saturated carbocycles. The van der Waals surface area contributed by atoms with Gasteiger partial charge in [0.15, 0.2) is 0 Å². The van der Waals surface area contributed by atoms with Crippen LogP contribution in [0.2, 0.25) is 10.0 Å². The van der Waals surface area contributed by atoms with Crippen molar-refractivity contribution in [3.05, 3.63) is 56.6 Å². The zero-order chi connectivity index (χ0) is 20.0. The van der Waals surface area contributed by atoms with Crippen LogP contribution in [0.25, 0.3) is 28.5 Å². The highest BCUT2D eigenvalue weighted by atomic mass is 35.5. The summed E-state index contributed by atoms with van der Waals surface area (Å²) in [5.41, 5.74) is 2.34. The van der Waals surface area contributed by atoms with Crippen molar-refractivity contribution in [2.24, 2.45) is 0 Å². The molecule has 0 spiro atoms. The number of piperidine rings is 1. The van der Waals surface area contributed by atoms with Gasteiger partial charge in [0.25, 0.3) is 11.4 Å². The molecule has 0 radical (unpaired) electrons. The summed E-state index contributed by atoms with van der Waals surface area (Å²) >= 11 is 12.3. The third kappa shape index (κ3) is 3.23. The quantitative estimate of drug-likeness (QED) is 0.515. The van der Waals surface area contributed by atoms with Crippen molar-refractivity contribution in [2.45, 2.75) is 18.8 Å². The Kier molecular flexibility index (Phi) is 4.61. The fraction of sp³-hybridized carbons (Fsp3) is 0.263. The Morgan fingerprint density at radius 3 is 2.83 bits per heavy atom. The number of fused-ring (bicyclic) bond motifs is 1. The number of hydrogen-bond donors (Lipinski definition) is 2. The molecule has 1 aromatic carbocycles. The van der Waals surface area contributed by atoms with Gasteiger partial charge in [-0.3, -0.25) is 4.79 Å². The summed E-state index contributed by atoms with van der Waals surface area (Å²) in [5, 5.41) is 12.6. The van der Waals surface area contributed by atoms with Crippen LogP contribution in [0.15, 0.2) is 39.8 Å². The van der Waals surface area contributed by atoms with E-state index in [0.29, 0.717) is 32.6 Å². The second-order valence-corrected chi connectivity index (χ2v) is 7.71. The first-order valence-electron chi connectivity index (χ1n) is 9.22. The molecule has 2 N–H and O–H groups in total. The van der Waals surface area contributed by atoms with Gasteiger partial charge in [-0.2, -0.15) is 10.1 Å². The minimum atomic E-state index is -0.189. The van der Waals surface area contributed by atoms with Crippen molar-refractivity contribution in [1.29, 1.82) is 0 Å². The van der Waals surface area contributed by atoms with E-state index in [0.717, 1.165) is 31.6 Å². The van der Waals surface area contributed by atoms with E-state index >= 15 is 0 Å². The second-order valence-electron chi connectivity index (χ2n) is 6.93. The summed E-state index contributed by atoms with van der Waals surface area (Å²) in [5.74, 6) is 0.810. The Bertz CT molecular complexity index is 1260. The van der Waals surface area contributed by atoms with Gasteiger partial charge in [0.05, 0.1) is 21.9 Å². The molecule has 0 bridgehead atoms. The smallest absolute Gasteiger partial charge is 0.263 e. The lowest BCUT2D eigenvalue weighted by Crippen LogP contribution is -2.28. The van der Waals surface area contributed by atoms with Gasteiger partial charge in [0, 0.05) is 17.5 Å². The lowest BCUT2D eigenvalue weighted by Gasteiger charge is -2.23. The van der Waals surface area contributed by atoms with E-state index in [1.54, 1.807) is 35.0 Å². The minimum Gasteiger partial charge on any atom is -0.333 e. The molecule has 8 nitrogen and oxygen atoms in total. The van der Waals surface area contributed by atoms with Crippen LogP contribution in [-0.2, 0) is 0 Å². The third-order valence-corrected chi connectivity index (χ3v) is 5.96. The van der Waals surface area contributed by atoms with E-state index in [9.17, 15) is 4.79 Å². The number of rotatable bonds is 3. The van der Waals surface area contributed by atoms with Crippen molar-refractivity contribution in [3.63, 3.8) is 0 Å². The van der Waals surface area contributed by atoms with Gasteiger partial charge >= 0.3 is 0 Å². The monoisotopic (exact) mass is 430 g/mol. The van der Waals surface area contributed by atoms with Gasteiger partial charge in [-0.05, 0) is 38.1 Å². The lowest BCUT2D eigenvalue weighted by molar-refractivity contribution is 0.432. The Labute approximate surface area is 174 Å². The average Bonchev–Trinajstić information content (AvgIpc) is 3.37. The van der Waals surface area contributed by atoms with E-state index in [1.807, 2.05) is 0 Å². The molecule has 0 unspecified atom stereocenters. The van der Waals surface area contributed by atoms with Crippen LogP contribution in [-0.4, -0.2) is 37.8 Å². The van der Waals surface area contributed by atoms with Gasteiger partial charge in [-0.1, -0.05) is 34.4 Å². The molecular weight excluding hydrogens is 415 g/mol. The molecule has 29 heavy (non-hydrogen) atoms. The highest BCUT2D eigenvalue weighted by Gasteiger charge is 2.23. The summed E-state index contributed by atoms with van der Waals surface area (Å²) in [4.78, 5) is 19.6. The van der Waals surface area contributed by atoms with E-state index in [1.165, 1.54) is 0 Å². The van der Waals surface area contributed by atoms with Gasteiger partial charge in [0.1, 0.15) is 11.2 Å². The Morgan fingerprint density at radius 2 is 2.00 bits per heavy atom. The van der Waals surface area contributed by atoms with Gasteiger partial charge in [0.2, 0.25) is 5.82 Å². The molecule has 5 rings (SSSR count). The Morgan fingerprint density at radius 1 is 1.17 bits per heavy atom. The number of aromatic nitrogens is 5. The summed E-state index contributed by atoms with van der Waals surface area (Å²) in [7, 11) is 0. The highest BCUT2D eigenvalue weighted by molar-refractivity contribution is 6.43. The summed E-state index contributed by atoms with van der Waals surface area (Å²) in [6, 6.07) is 6.82. The van der Waals surface area contributed by atoms with Crippen LogP contribution in [0, 0.1) is 0 Å². The van der Waals surface area contributed by atoms with Crippen molar-refractivity contribution in [3.8, 4) is 22.8 Å². The number of nitrogens with zero attached hydrogens (tertiary/aromatic N) is 4. The van der Waals surface area contributed by atoms with Crippen LogP contribution >= 0.6 is 23.2 Å². The highest BCUT2D eigenvalue weighted by Crippen LogP contribution is 2.33. The van der Waals surface area contributed by atoms with E-state index in [4.69, 9.17) is 27.7 Å². The predicted octanol–water partition coefficient (Wildman–Crippen LogP) is 3.51. The number of H-pyrrole nitrogens is 1. The standard InChI is InChI=1S/C19H16Cl2N6O2/c20-13-3-1-2-11(16(13)21)17-25-19(29-26-17)12-9-23-27-14(8-15(28)24-18(12)27)10-4-6-22-7-5-10/h1-3,8-10,22H,4-7H2,(H,24,28). The Balaban J connectivity index is 1.60. The minimum absolute atomic E-state index is 0.189. The summed E-state index contributed by atoms with van der Waals surface area (Å²) in [6.45, 7) is 1.83. The van der Waals surface area contributed by atoms with Crippen molar-refractivity contribution in [1.82, 2.24) is 30.1 Å². The predicted molar refractivity (Wildman–Crippen MR) is 109 cm³/mol. The first-order valence-corrected chi connectivity index (χ1v) is 9.97. The van der Waals surface area contributed by atoms with Gasteiger partial charge < -0.3 is 14.8 Å². The first kappa shape index (κ1) is 18.4. The van der Waals surface area contributed by atoms with Crippen molar-refractivity contribution in [2.75, 3.05) is 13.1 Å². The van der Waals surface area contributed by atoms with Crippen LogP contribution in [0.4, 0.5) is 0 Å². The van der Waals surface area contributed by atoms with E-state index in [-0.39, 0.29) is 17.4 Å². The van der Waals surface area contributed by atoms with Crippen LogP contribution in [0.5, 0.6) is 0 Å². The van der Waals surface area contributed by atoms with Crippen molar-refractivity contribution >= 4 is 28.8 Å². The molecule has 10 heteroatoms.